The largest absolute Gasteiger partial charge is 0.351 e. The van der Waals surface area contributed by atoms with E-state index in [1.807, 2.05) is 11.8 Å². The summed E-state index contributed by atoms with van der Waals surface area (Å²) in [5, 5.41) is 9.66. The van der Waals surface area contributed by atoms with Gasteiger partial charge in [0.05, 0.1) is 12.1 Å². The van der Waals surface area contributed by atoms with Crippen LogP contribution in [0.15, 0.2) is 0 Å². The van der Waals surface area contributed by atoms with E-state index in [1.54, 1.807) is 0 Å². The number of unbranched alkanes of at least 4 members (excludes halogenated alkanes) is 1. The zero-order valence-corrected chi connectivity index (χ0v) is 17.2. The van der Waals surface area contributed by atoms with E-state index in [2.05, 4.69) is 50.6 Å². The minimum atomic E-state index is -0.140. The van der Waals surface area contributed by atoms with Crippen LogP contribution in [0, 0.1) is 5.41 Å². The van der Waals surface area contributed by atoms with Gasteiger partial charge in [-0.3, -0.25) is 4.79 Å². The third kappa shape index (κ3) is 6.72. The molecule has 5 nitrogen and oxygen atoms in total. The summed E-state index contributed by atoms with van der Waals surface area (Å²) < 4.78 is 0. The van der Waals surface area contributed by atoms with Gasteiger partial charge in [0.1, 0.15) is 0 Å². The lowest BCUT2D eigenvalue weighted by Gasteiger charge is -2.30. The van der Waals surface area contributed by atoms with Crippen LogP contribution in [0.5, 0.6) is 0 Å². The summed E-state index contributed by atoms with van der Waals surface area (Å²) in [7, 11) is 0. The molecule has 1 unspecified atom stereocenters. The molecule has 0 saturated carbocycles. The van der Waals surface area contributed by atoms with E-state index in [4.69, 9.17) is 0 Å². The van der Waals surface area contributed by atoms with Gasteiger partial charge in [-0.1, -0.05) is 27.2 Å². The number of rotatable bonds is 8. The summed E-state index contributed by atoms with van der Waals surface area (Å²) in [6, 6.07) is 0.522. The van der Waals surface area contributed by atoms with Gasteiger partial charge in [-0.15, -0.1) is 0 Å². The topological polar surface area (TPSA) is 70.2 Å². The zero-order valence-electron chi connectivity index (χ0n) is 16.4. The van der Waals surface area contributed by atoms with Crippen LogP contribution in [0.3, 0.4) is 0 Å². The van der Waals surface area contributed by atoms with Gasteiger partial charge >= 0.3 is 6.03 Å². The molecule has 3 N–H and O–H groups in total. The van der Waals surface area contributed by atoms with Crippen molar-refractivity contribution in [2.24, 2.45) is 5.41 Å². The Labute approximate surface area is 156 Å². The summed E-state index contributed by atoms with van der Waals surface area (Å²) in [6.45, 7) is 10.9. The average Bonchev–Trinajstić information content (AvgIpc) is 3.00. The number of carbonyl (C=O) groups excluding carboxylic acids is 2. The van der Waals surface area contributed by atoms with Crippen molar-refractivity contribution in [3.05, 3.63) is 0 Å². The normalized spacial score (nSPS) is 26.1. The Morgan fingerprint density at radius 3 is 2.56 bits per heavy atom. The first-order chi connectivity index (χ1) is 11.6. The lowest BCUT2D eigenvalue weighted by Crippen LogP contribution is -2.43. The first kappa shape index (κ1) is 20.4. The quantitative estimate of drug-likeness (QED) is 0.453. The highest BCUT2D eigenvalue weighted by molar-refractivity contribution is 8.00. The molecule has 2 fully saturated rings. The predicted octanol–water partition coefficient (Wildman–Crippen LogP) is 3.43. The number of hydrogen-bond acceptors (Lipinski definition) is 3. The van der Waals surface area contributed by atoms with Crippen molar-refractivity contribution < 1.29 is 9.59 Å². The van der Waals surface area contributed by atoms with E-state index >= 15 is 0 Å². The summed E-state index contributed by atoms with van der Waals surface area (Å²) in [4.78, 5) is 23.6. The number of hydrogen-bond donors (Lipinski definition) is 3. The molecule has 0 bridgehead atoms. The molecular weight excluding hydrogens is 334 g/mol. The fourth-order valence-electron chi connectivity index (χ4n) is 3.46. The maximum Gasteiger partial charge on any atom is 0.315 e. The van der Waals surface area contributed by atoms with Gasteiger partial charge in [-0.2, -0.15) is 11.8 Å². The second-order valence-corrected chi connectivity index (χ2v) is 10.6. The molecule has 0 aromatic carbocycles. The lowest BCUT2D eigenvalue weighted by atomic mass is 9.84. The third-order valence-corrected chi connectivity index (χ3v) is 6.57. The fraction of sp³-hybridized carbons (Fsp3) is 0.895. The average molecular weight is 370 g/mol. The molecule has 2 aliphatic rings. The highest BCUT2D eigenvalue weighted by atomic mass is 32.2. The maximum atomic E-state index is 12.2. The fourth-order valence-corrected chi connectivity index (χ4v) is 5.01. The van der Waals surface area contributed by atoms with E-state index < -0.39 is 0 Å². The van der Waals surface area contributed by atoms with E-state index in [9.17, 15) is 9.59 Å². The van der Waals surface area contributed by atoms with Gasteiger partial charge in [0.15, 0.2) is 0 Å². The first-order valence-corrected chi connectivity index (χ1v) is 10.6. The SMILES string of the molecule is CC(C)(C)CCC(C)(C)NC(=O)CCCC[C@@H]1SCC2NC(=O)N[C@@H]21. The van der Waals surface area contributed by atoms with Gasteiger partial charge in [0, 0.05) is 23.0 Å². The Hall–Kier alpha value is -0.910. The minimum Gasteiger partial charge on any atom is -0.351 e. The van der Waals surface area contributed by atoms with E-state index in [-0.39, 0.29) is 29.6 Å². The standard InChI is InChI=1S/C19H35N3O2S/c1-18(2,3)10-11-19(4,5)22-15(23)9-7-6-8-14-16-13(12-25-14)20-17(24)21-16/h13-14,16H,6-12H2,1-5H3,(H,22,23)(H2,20,21,24)/t13?,14-,16-/m0/s1. The number of fused-ring (bicyclic) bond motifs is 1. The molecule has 2 rings (SSSR count). The van der Waals surface area contributed by atoms with Crippen molar-refractivity contribution in [1.82, 2.24) is 16.0 Å². The van der Waals surface area contributed by atoms with Crippen LogP contribution in [-0.4, -0.2) is 40.6 Å². The van der Waals surface area contributed by atoms with E-state index in [1.165, 1.54) is 0 Å². The van der Waals surface area contributed by atoms with Crippen LogP contribution < -0.4 is 16.0 Å². The molecule has 2 heterocycles. The van der Waals surface area contributed by atoms with Crippen molar-refractivity contribution in [2.45, 2.75) is 96.0 Å². The van der Waals surface area contributed by atoms with Crippen molar-refractivity contribution >= 4 is 23.7 Å². The molecule has 3 atom stereocenters. The second-order valence-electron chi connectivity index (χ2n) is 9.36. The molecule has 2 aliphatic heterocycles. The molecule has 0 radical (unpaired) electrons. The summed E-state index contributed by atoms with van der Waals surface area (Å²) in [6.07, 6.45) is 5.70. The molecule has 0 spiro atoms. The van der Waals surface area contributed by atoms with E-state index in [0.717, 1.165) is 37.9 Å². The van der Waals surface area contributed by atoms with Gasteiger partial charge in [0.25, 0.3) is 0 Å². The van der Waals surface area contributed by atoms with Gasteiger partial charge in [-0.25, -0.2) is 4.79 Å². The number of nitrogens with one attached hydrogen (secondary N) is 3. The van der Waals surface area contributed by atoms with Crippen molar-refractivity contribution in [3.63, 3.8) is 0 Å². The molecule has 0 aromatic heterocycles. The third-order valence-electron chi connectivity index (χ3n) is 5.06. The van der Waals surface area contributed by atoms with Crippen LogP contribution in [0.2, 0.25) is 0 Å². The highest BCUT2D eigenvalue weighted by Crippen LogP contribution is 2.33. The number of amides is 3. The Bertz CT molecular complexity index is 488. The van der Waals surface area contributed by atoms with Crippen LogP contribution in [0.25, 0.3) is 0 Å². The molecule has 2 saturated heterocycles. The van der Waals surface area contributed by atoms with Crippen LogP contribution in [-0.2, 0) is 4.79 Å². The zero-order chi connectivity index (χ0) is 18.7. The summed E-state index contributed by atoms with van der Waals surface area (Å²) >= 11 is 1.94. The molecule has 25 heavy (non-hydrogen) atoms. The van der Waals surface area contributed by atoms with Gasteiger partial charge in [-0.05, 0) is 44.9 Å². The van der Waals surface area contributed by atoms with Gasteiger partial charge < -0.3 is 16.0 Å². The van der Waals surface area contributed by atoms with Crippen molar-refractivity contribution in [2.75, 3.05) is 5.75 Å². The predicted molar refractivity (Wildman–Crippen MR) is 105 cm³/mol. The molecule has 0 aliphatic carbocycles. The van der Waals surface area contributed by atoms with Crippen LogP contribution in [0.4, 0.5) is 4.79 Å². The first-order valence-electron chi connectivity index (χ1n) is 9.55. The van der Waals surface area contributed by atoms with E-state index in [0.29, 0.717) is 17.1 Å². The Balaban J connectivity index is 1.61. The molecule has 0 aromatic rings. The van der Waals surface area contributed by atoms with Crippen molar-refractivity contribution in [3.8, 4) is 0 Å². The number of carbonyl (C=O) groups is 2. The molecule has 3 amide bonds. The Morgan fingerprint density at radius 1 is 1.16 bits per heavy atom. The van der Waals surface area contributed by atoms with Crippen molar-refractivity contribution in [1.29, 1.82) is 0 Å². The highest BCUT2D eigenvalue weighted by Gasteiger charge is 2.42. The molecule has 6 heteroatoms. The van der Waals surface area contributed by atoms with Crippen LogP contribution in [0.1, 0.15) is 73.1 Å². The van der Waals surface area contributed by atoms with Crippen LogP contribution >= 0.6 is 11.8 Å². The lowest BCUT2D eigenvalue weighted by molar-refractivity contribution is -0.122. The summed E-state index contributed by atoms with van der Waals surface area (Å²) in [5.41, 5.74) is 0.155. The Morgan fingerprint density at radius 2 is 1.88 bits per heavy atom. The molecule has 144 valence electrons. The smallest absolute Gasteiger partial charge is 0.315 e. The number of urea groups is 1. The maximum absolute atomic E-state index is 12.2. The monoisotopic (exact) mass is 369 g/mol. The molecular formula is C19H35N3O2S. The second kappa shape index (κ2) is 8.19. The van der Waals surface area contributed by atoms with Gasteiger partial charge in [0.2, 0.25) is 5.91 Å². The Kier molecular flexibility index (Phi) is 6.68. The number of thioether (sulfide) groups is 1. The minimum absolute atomic E-state index is 0.0304. The summed E-state index contributed by atoms with van der Waals surface area (Å²) in [5.74, 6) is 1.16.